The summed E-state index contributed by atoms with van der Waals surface area (Å²) in [6.45, 7) is -0.681. The smallest absolute Gasteiger partial charge is 0.340 e. The summed E-state index contributed by atoms with van der Waals surface area (Å²) in [6.07, 6.45) is -7.55. The minimum absolute atomic E-state index is 0.178. The van der Waals surface area contributed by atoms with Gasteiger partial charge in [-0.05, 0) is 36.4 Å². The predicted molar refractivity (Wildman–Crippen MR) is 125 cm³/mol. The minimum Gasteiger partial charge on any atom is -0.452 e. The van der Waals surface area contributed by atoms with Gasteiger partial charge in [-0.1, -0.05) is 54.6 Å². The van der Waals surface area contributed by atoms with Crippen molar-refractivity contribution in [1.82, 2.24) is 0 Å². The third kappa shape index (κ3) is 5.77. The van der Waals surface area contributed by atoms with Gasteiger partial charge in [0.05, 0.1) is 23.3 Å². The van der Waals surface area contributed by atoms with Gasteiger partial charge in [-0.3, -0.25) is 0 Å². The van der Waals surface area contributed by atoms with Crippen molar-refractivity contribution in [3.63, 3.8) is 0 Å². The van der Waals surface area contributed by atoms with Crippen LogP contribution in [0.3, 0.4) is 0 Å². The fourth-order valence-electron chi connectivity index (χ4n) is 3.68. The summed E-state index contributed by atoms with van der Waals surface area (Å²) < 4.78 is 22.2. The summed E-state index contributed by atoms with van der Waals surface area (Å²) in [5.41, 5.74) is 0.555. The number of hydrogen-bond donors (Lipinski definition) is 2. The van der Waals surface area contributed by atoms with Crippen molar-refractivity contribution in [3.8, 4) is 0 Å². The largest absolute Gasteiger partial charge is 0.452 e. The summed E-state index contributed by atoms with van der Waals surface area (Å²) in [6, 6.07) is 24.0. The van der Waals surface area contributed by atoms with E-state index in [1.54, 1.807) is 54.6 Å². The Balaban J connectivity index is 1.65. The van der Waals surface area contributed by atoms with Gasteiger partial charge in [0.25, 0.3) is 0 Å². The summed E-state index contributed by atoms with van der Waals surface area (Å²) in [5, 5.41) is 20.6. The van der Waals surface area contributed by atoms with Crippen LogP contribution in [0.25, 0.3) is 0 Å². The first kappa shape index (κ1) is 25.1. The van der Waals surface area contributed by atoms with Crippen LogP contribution in [-0.4, -0.2) is 65.4 Å². The molecule has 0 aliphatic carbocycles. The maximum absolute atomic E-state index is 12.9. The topological polar surface area (TPSA) is 129 Å². The molecule has 0 bridgehead atoms. The Morgan fingerprint density at radius 2 is 1.03 bits per heavy atom. The van der Waals surface area contributed by atoms with Crippen molar-refractivity contribution in [2.45, 2.75) is 30.7 Å². The summed E-state index contributed by atoms with van der Waals surface area (Å²) >= 11 is 0. The number of carbonyl (C=O) groups is 3. The van der Waals surface area contributed by atoms with Crippen LogP contribution in [0, 0.1) is 0 Å². The molecule has 0 spiro atoms. The Morgan fingerprint density at radius 3 is 1.44 bits per heavy atom. The van der Waals surface area contributed by atoms with Crippen LogP contribution in [0.1, 0.15) is 31.1 Å². The van der Waals surface area contributed by atoms with Crippen LogP contribution in [0.5, 0.6) is 0 Å². The van der Waals surface area contributed by atoms with Gasteiger partial charge >= 0.3 is 17.9 Å². The first-order chi connectivity index (χ1) is 17.5. The lowest BCUT2D eigenvalue weighted by Crippen LogP contribution is -2.62. The summed E-state index contributed by atoms with van der Waals surface area (Å²) in [5.74, 6) is -2.44. The molecule has 2 N–H and O–H groups in total. The van der Waals surface area contributed by atoms with E-state index in [0.29, 0.717) is 0 Å². The van der Waals surface area contributed by atoms with Crippen molar-refractivity contribution >= 4 is 17.9 Å². The molecule has 9 nitrogen and oxygen atoms in total. The predicted octanol–water partition coefficient (Wildman–Crippen LogP) is 2.37. The average molecular weight is 492 g/mol. The zero-order chi connectivity index (χ0) is 25.5. The van der Waals surface area contributed by atoms with Gasteiger partial charge in [0.1, 0.15) is 12.2 Å². The average Bonchev–Trinajstić information content (AvgIpc) is 2.93. The zero-order valence-corrected chi connectivity index (χ0v) is 19.0. The second kappa shape index (κ2) is 11.6. The van der Waals surface area contributed by atoms with Crippen LogP contribution in [0.15, 0.2) is 91.0 Å². The van der Waals surface area contributed by atoms with Crippen molar-refractivity contribution in [2.75, 3.05) is 6.61 Å². The van der Waals surface area contributed by atoms with Crippen LogP contribution in [-0.2, 0) is 18.9 Å². The van der Waals surface area contributed by atoms with E-state index in [1.165, 1.54) is 36.4 Å². The third-order valence-electron chi connectivity index (χ3n) is 5.54. The lowest BCUT2D eigenvalue weighted by atomic mass is 9.98. The molecule has 3 aromatic carbocycles. The summed E-state index contributed by atoms with van der Waals surface area (Å²) in [4.78, 5) is 38.5. The fourth-order valence-corrected chi connectivity index (χ4v) is 3.68. The second-order valence-corrected chi connectivity index (χ2v) is 7.96. The van der Waals surface area contributed by atoms with Gasteiger partial charge in [-0.25, -0.2) is 14.4 Å². The second-order valence-electron chi connectivity index (χ2n) is 7.96. The van der Waals surface area contributed by atoms with E-state index in [-0.39, 0.29) is 16.7 Å². The third-order valence-corrected chi connectivity index (χ3v) is 5.54. The van der Waals surface area contributed by atoms with E-state index in [0.717, 1.165) is 0 Å². The molecular weight excluding hydrogens is 468 g/mol. The van der Waals surface area contributed by atoms with Gasteiger partial charge in [-0.2, -0.15) is 0 Å². The van der Waals surface area contributed by atoms with Gasteiger partial charge in [0.2, 0.25) is 12.4 Å². The Bertz CT molecular complexity index is 1170. The van der Waals surface area contributed by atoms with Crippen LogP contribution >= 0.6 is 0 Å². The number of benzene rings is 3. The SMILES string of the molecule is O=C(O[C@@H]1O[C@H](CO)[C@H](O)[C@H](OC(=O)c2ccccc2)[C@H]1OC(=O)c1ccccc1)c1ccccc1. The monoisotopic (exact) mass is 492 g/mol. The van der Waals surface area contributed by atoms with Crippen LogP contribution in [0.4, 0.5) is 0 Å². The molecule has 0 radical (unpaired) electrons. The highest BCUT2D eigenvalue weighted by atomic mass is 16.7. The first-order valence-corrected chi connectivity index (χ1v) is 11.2. The highest BCUT2D eigenvalue weighted by Gasteiger charge is 2.51. The van der Waals surface area contributed by atoms with Gasteiger partial charge in [0, 0.05) is 0 Å². The van der Waals surface area contributed by atoms with Crippen LogP contribution in [0.2, 0.25) is 0 Å². The molecule has 1 aliphatic heterocycles. The molecular formula is C27H24O9. The van der Waals surface area contributed by atoms with Gasteiger partial charge in [-0.15, -0.1) is 0 Å². The molecule has 1 heterocycles. The van der Waals surface area contributed by atoms with Crippen molar-refractivity contribution in [1.29, 1.82) is 0 Å². The van der Waals surface area contributed by atoms with Gasteiger partial charge < -0.3 is 29.2 Å². The molecule has 9 heteroatoms. The van der Waals surface area contributed by atoms with E-state index in [1.807, 2.05) is 0 Å². The van der Waals surface area contributed by atoms with E-state index in [4.69, 9.17) is 18.9 Å². The molecule has 0 aromatic heterocycles. The molecule has 0 amide bonds. The van der Waals surface area contributed by atoms with E-state index >= 15 is 0 Å². The van der Waals surface area contributed by atoms with Gasteiger partial charge in [0.15, 0.2) is 6.10 Å². The number of carbonyl (C=O) groups excluding carboxylic acids is 3. The molecule has 186 valence electrons. The normalized spacial score (nSPS) is 23.3. The highest BCUT2D eigenvalue weighted by Crippen LogP contribution is 2.29. The molecule has 1 saturated heterocycles. The van der Waals surface area contributed by atoms with Crippen molar-refractivity contribution in [2.24, 2.45) is 0 Å². The maximum Gasteiger partial charge on any atom is 0.340 e. The molecule has 0 unspecified atom stereocenters. The number of hydrogen-bond acceptors (Lipinski definition) is 9. The number of aliphatic hydroxyl groups is 2. The molecule has 0 saturated carbocycles. The zero-order valence-electron chi connectivity index (χ0n) is 19.0. The minimum atomic E-state index is -1.60. The van der Waals surface area contributed by atoms with E-state index < -0.39 is 55.2 Å². The Kier molecular flexibility index (Phi) is 8.06. The Labute approximate surface area is 206 Å². The number of aliphatic hydroxyl groups excluding tert-OH is 2. The molecule has 4 rings (SSSR count). The molecule has 3 aromatic rings. The van der Waals surface area contributed by atoms with Crippen LogP contribution < -0.4 is 0 Å². The standard InChI is InChI=1S/C27H24O9/c28-16-20-21(29)22(34-24(30)17-10-4-1-5-11-17)23(35-25(31)18-12-6-2-7-13-18)27(33-20)36-26(32)19-14-8-3-9-15-19/h1-15,20-23,27-29H,16H2/t20-,21+,22+,23-,27+/m1/s1. The Hall–Kier alpha value is -4.05. The number of esters is 3. The van der Waals surface area contributed by atoms with Crippen molar-refractivity contribution in [3.05, 3.63) is 108 Å². The lowest BCUT2D eigenvalue weighted by molar-refractivity contribution is -0.283. The van der Waals surface area contributed by atoms with E-state index in [9.17, 15) is 24.6 Å². The number of ether oxygens (including phenoxy) is 4. The molecule has 1 aliphatic rings. The van der Waals surface area contributed by atoms with E-state index in [2.05, 4.69) is 0 Å². The fraction of sp³-hybridized carbons (Fsp3) is 0.222. The molecule has 5 atom stereocenters. The number of rotatable bonds is 7. The quantitative estimate of drug-likeness (QED) is 0.377. The maximum atomic E-state index is 12.9. The van der Waals surface area contributed by atoms with Crippen molar-refractivity contribution < 1.29 is 43.5 Å². The highest BCUT2D eigenvalue weighted by molar-refractivity contribution is 5.91. The summed E-state index contributed by atoms with van der Waals surface area (Å²) in [7, 11) is 0. The lowest BCUT2D eigenvalue weighted by Gasteiger charge is -2.42. The Morgan fingerprint density at radius 1 is 0.639 bits per heavy atom. The molecule has 36 heavy (non-hydrogen) atoms. The molecule has 1 fully saturated rings. The first-order valence-electron chi connectivity index (χ1n) is 11.2.